The van der Waals surface area contributed by atoms with Crippen molar-refractivity contribution in [2.45, 2.75) is 45.1 Å². The summed E-state index contributed by atoms with van der Waals surface area (Å²) in [6, 6.07) is 6.17. The smallest absolute Gasteiger partial charge is 0.279 e. The van der Waals surface area contributed by atoms with Crippen molar-refractivity contribution in [3.05, 3.63) is 89.8 Å². The number of aryl methyl sites for hydroxylation is 1. The fourth-order valence-electron chi connectivity index (χ4n) is 2.88. The third-order valence-electron chi connectivity index (χ3n) is 4.57. The molecule has 1 unspecified atom stereocenters. The van der Waals surface area contributed by atoms with Crippen LogP contribution >= 0.6 is 0 Å². The molecule has 29 heavy (non-hydrogen) atoms. The highest BCUT2D eigenvalue weighted by atomic mass is 32.2. The van der Waals surface area contributed by atoms with E-state index in [9.17, 15) is 13.5 Å². The van der Waals surface area contributed by atoms with Gasteiger partial charge in [0.25, 0.3) is 10.0 Å². The van der Waals surface area contributed by atoms with Crippen LogP contribution in [0.4, 0.5) is 0 Å². The molecule has 5 nitrogen and oxygen atoms in total. The van der Waals surface area contributed by atoms with Crippen LogP contribution in [0.5, 0.6) is 0 Å². The van der Waals surface area contributed by atoms with Gasteiger partial charge in [0.15, 0.2) is 0 Å². The second-order valence-corrected chi connectivity index (χ2v) is 8.71. The number of hydrogen-bond acceptors (Lipinski definition) is 4. The van der Waals surface area contributed by atoms with Gasteiger partial charge in [-0.25, -0.2) is 0 Å². The Morgan fingerprint density at radius 3 is 2.41 bits per heavy atom. The van der Waals surface area contributed by atoms with Gasteiger partial charge in [-0.05, 0) is 57.0 Å². The monoisotopic (exact) mass is 412 g/mol. The minimum atomic E-state index is -3.86. The molecule has 1 N–H and O–H groups in total. The van der Waals surface area contributed by atoms with Crippen molar-refractivity contribution in [1.29, 1.82) is 0 Å². The molecule has 6 heteroatoms. The summed E-state index contributed by atoms with van der Waals surface area (Å²) < 4.78 is 27.9. The SMILES string of the molecule is C=C/C(=C\C=C(/C)O)C1CC(/C(C)=C/C=C\C)=NN1S(=O)(=O)c1ccc(C)cc1. The van der Waals surface area contributed by atoms with Crippen molar-refractivity contribution >= 4 is 15.7 Å². The van der Waals surface area contributed by atoms with E-state index in [1.807, 2.05) is 39.0 Å². The van der Waals surface area contributed by atoms with E-state index < -0.39 is 16.1 Å². The van der Waals surface area contributed by atoms with E-state index in [1.54, 1.807) is 43.3 Å². The molecule has 0 spiro atoms. The van der Waals surface area contributed by atoms with E-state index in [-0.39, 0.29) is 10.7 Å². The van der Waals surface area contributed by atoms with E-state index in [1.165, 1.54) is 6.08 Å². The first-order chi connectivity index (χ1) is 13.7. The van der Waals surface area contributed by atoms with E-state index in [4.69, 9.17) is 0 Å². The maximum Gasteiger partial charge on any atom is 0.279 e. The molecule has 0 radical (unpaired) electrons. The second-order valence-electron chi connectivity index (χ2n) is 6.91. The van der Waals surface area contributed by atoms with Crippen molar-refractivity contribution in [1.82, 2.24) is 4.41 Å². The van der Waals surface area contributed by atoms with Crippen molar-refractivity contribution in [2.75, 3.05) is 0 Å². The number of rotatable bonds is 7. The fourth-order valence-corrected chi connectivity index (χ4v) is 4.32. The normalized spacial score (nSPS) is 19.0. The minimum Gasteiger partial charge on any atom is -0.513 e. The summed E-state index contributed by atoms with van der Waals surface area (Å²) in [6.07, 6.45) is 10.9. The van der Waals surface area contributed by atoms with E-state index in [0.717, 1.165) is 15.6 Å². The summed E-state index contributed by atoms with van der Waals surface area (Å²) in [7, 11) is -3.86. The molecule has 0 aliphatic carbocycles. The Kier molecular flexibility index (Phi) is 7.40. The maximum absolute atomic E-state index is 13.4. The van der Waals surface area contributed by atoms with Crippen molar-refractivity contribution in [3.8, 4) is 0 Å². The Balaban J connectivity index is 2.58. The van der Waals surface area contributed by atoms with Gasteiger partial charge in [0, 0.05) is 6.42 Å². The van der Waals surface area contributed by atoms with Gasteiger partial charge in [-0.2, -0.15) is 17.9 Å². The van der Waals surface area contributed by atoms with Crippen LogP contribution in [0.15, 0.2) is 94.2 Å². The predicted molar refractivity (Wildman–Crippen MR) is 119 cm³/mol. The molecule has 154 valence electrons. The average Bonchev–Trinajstić information content (AvgIpc) is 3.13. The van der Waals surface area contributed by atoms with Gasteiger partial charge in [0.2, 0.25) is 0 Å². The first-order valence-electron chi connectivity index (χ1n) is 9.39. The highest BCUT2D eigenvalue weighted by Crippen LogP contribution is 2.31. The molecule has 0 saturated heterocycles. The van der Waals surface area contributed by atoms with Gasteiger partial charge in [-0.3, -0.25) is 0 Å². The lowest BCUT2D eigenvalue weighted by atomic mass is 9.99. The second kappa shape index (κ2) is 9.56. The third-order valence-corrected chi connectivity index (χ3v) is 6.27. The Hall–Kier alpha value is -2.86. The van der Waals surface area contributed by atoms with Gasteiger partial charge in [-0.15, -0.1) is 0 Å². The fraction of sp³-hybridized carbons (Fsp3) is 0.261. The number of aliphatic hydroxyl groups excluding tert-OH is 1. The van der Waals surface area contributed by atoms with Crippen LogP contribution in [-0.2, 0) is 10.0 Å². The predicted octanol–water partition coefficient (Wildman–Crippen LogP) is 5.21. The number of benzene rings is 1. The van der Waals surface area contributed by atoms with E-state index in [0.29, 0.717) is 17.7 Å². The lowest BCUT2D eigenvalue weighted by Gasteiger charge is -2.24. The highest BCUT2D eigenvalue weighted by Gasteiger charge is 2.37. The first-order valence-corrected chi connectivity index (χ1v) is 10.8. The molecular weight excluding hydrogens is 384 g/mol. The Morgan fingerprint density at radius 1 is 1.21 bits per heavy atom. The maximum atomic E-state index is 13.4. The quantitative estimate of drug-likeness (QED) is 0.494. The van der Waals surface area contributed by atoms with Gasteiger partial charge in [-0.1, -0.05) is 54.7 Å². The molecule has 1 atom stereocenters. The number of hydrogen-bond donors (Lipinski definition) is 1. The molecule has 1 aromatic rings. The molecule has 0 fully saturated rings. The van der Waals surface area contributed by atoms with Crippen LogP contribution in [0.3, 0.4) is 0 Å². The number of aliphatic hydroxyl groups is 1. The average molecular weight is 413 g/mol. The van der Waals surface area contributed by atoms with Crippen LogP contribution in [0.25, 0.3) is 0 Å². The molecule has 1 aromatic carbocycles. The Morgan fingerprint density at radius 2 is 1.86 bits per heavy atom. The summed E-state index contributed by atoms with van der Waals surface area (Å²) in [5.41, 5.74) is 3.23. The van der Waals surface area contributed by atoms with Gasteiger partial charge in [0.05, 0.1) is 22.4 Å². The van der Waals surface area contributed by atoms with Crippen molar-refractivity contribution < 1.29 is 13.5 Å². The summed E-state index contributed by atoms with van der Waals surface area (Å²) in [6.45, 7) is 11.1. The van der Waals surface area contributed by atoms with E-state index >= 15 is 0 Å². The molecule has 1 heterocycles. The lowest BCUT2D eigenvalue weighted by molar-refractivity contribution is 0.400. The van der Waals surface area contributed by atoms with Crippen LogP contribution in [0.2, 0.25) is 0 Å². The molecule has 0 amide bonds. The van der Waals surface area contributed by atoms with Crippen LogP contribution in [0.1, 0.15) is 32.8 Å². The molecule has 2 rings (SSSR count). The molecule has 0 aromatic heterocycles. The van der Waals surface area contributed by atoms with Crippen molar-refractivity contribution in [3.63, 3.8) is 0 Å². The number of hydrazone groups is 1. The molecule has 0 saturated carbocycles. The number of nitrogens with zero attached hydrogens (tertiary/aromatic N) is 2. The lowest BCUT2D eigenvalue weighted by Crippen LogP contribution is -2.33. The summed E-state index contributed by atoms with van der Waals surface area (Å²) in [4.78, 5) is 0.186. The van der Waals surface area contributed by atoms with Gasteiger partial charge >= 0.3 is 0 Å². The van der Waals surface area contributed by atoms with Crippen LogP contribution in [0, 0.1) is 6.92 Å². The topological polar surface area (TPSA) is 70.0 Å². The summed E-state index contributed by atoms with van der Waals surface area (Å²) in [5, 5.41) is 14.0. The number of sulfonamides is 1. The largest absolute Gasteiger partial charge is 0.513 e. The highest BCUT2D eigenvalue weighted by molar-refractivity contribution is 7.89. The standard InChI is InChI=1S/C23H28N2O3S/c1-6-8-9-18(4)22-16-23(20(7-2)13-12-19(5)26)25(24-22)29(27,28)21-14-10-17(3)11-15-21/h6-15,23,26H,2,16H2,1,3-5H3/b8-6-,18-9+,19-12+,20-13+. The molecular formula is C23H28N2O3S. The zero-order valence-corrected chi connectivity index (χ0v) is 18.1. The number of allylic oxidation sites excluding steroid dienone is 7. The zero-order chi connectivity index (χ0) is 21.6. The Labute approximate surface area is 173 Å². The first kappa shape index (κ1) is 22.4. The summed E-state index contributed by atoms with van der Waals surface area (Å²) in [5.74, 6) is 0.126. The molecule has 1 aliphatic heterocycles. The third kappa shape index (κ3) is 5.35. The van der Waals surface area contributed by atoms with Crippen LogP contribution in [-0.4, -0.2) is 29.7 Å². The van der Waals surface area contributed by atoms with Gasteiger partial charge < -0.3 is 5.11 Å². The van der Waals surface area contributed by atoms with Crippen LogP contribution < -0.4 is 0 Å². The summed E-state index contributed by atoms with van der Waals surface area (Å²) >= 11 is 0. The minimum absolute atomic E-state index is 0.126. The van der Waals surface area contributed by atoms with Gasteiger partial charge in [0.1, 0.15) is 0 Å². The Bertz CT molecular complexity index is 1010. The zero-order valence-electron chi connectivity index (χ0n) is 17.3. The molecule has 1 aliphatic rings. The van der Waals surface area contributed by atoms with E-state index in [2.05, 4.69) is 11.7 Å². The van der Waals surface area contributed by atoms with Crippen molar-refractivity contribution in [2.24, 2.45) is 5.10 Å². The molecule has 0 bridgehead atoms.